The van der Waals surface area contributed by atoms with E-state index in [1.54, 1.807) is 13.1 Å². The van der Waals surface area contributed by atoms with Gasteiger partial charge >= 0.3 is 140 Å². The topological polar surface area (TPSA) is 223 Å². The number of rotatable bonds is 24. The smallest absolute Gasteiger partial charge is 0.437 e. The van der Waals surface area contributed by atoms with E-state index in [-0.39, 0.29) is 0 Å². The second-order valence-electron chi connectivity index (χ2n) is 30.7. The van der Waals surface area contributed by atoms with E-state index >= 15 is 0 Å². The van der Waals surface area contributed by atoms with E-state index in [2.05, 4.69) is 32.7 Å². The molecule has 14 rings (SSSR count). The van der Waals surface area contributed by atoms with E-state index in [0.29, 0.717) is 41.5 Å². The molecule has 23 nitrogen and oxygen atoms in total. The third-order valence-electron chi connectivity index (χ3n) is 16.7. The van der Waals surface area contributed by atoms with Gasteiger partial charge in [0.05, 0.1) is 0 Å². The zero-order valence-corrected chi connectivity index (χ0v) is 81.8. The lowest BCUT2D eigenvalue weighted by Gasteiger charge is -2.60. The lowest BCUT2D eigenvalue weighted by Crippen LogP contribution is -2.93. The lowest BCUT2D eigenvalue weighted by molar-refractivity contribution is 0.0132. The number of hydrogen-bond acceptors (Lipinski definition) is 23. The van der Waals surface area contributed by atoms with Gasteiger partial charge in [-0.15, -0.1) is 0 Å². The highest BCUT2D eigenvalue weighted by atomic mass is 28.6. The average molecular weight is 1760 g/mol. The summed E-state index contributed by atoms with van der Waals surface area (Å²) in [5.74, 6) is 0. The van der Waals surface area contributed by atoms with E-state index in [0.717, 1.165) is 0 Å². The maximum Gasteiger partial charge on any atom is 0.515 e. The molecule has 41 heteroatoms. The molecule has 6 unspecified atom stereocenters. The Bertz CT molecular complexity index is 4030. The van der Waals surface area contributed by atoms with Crippen molar-refractivity contribution in [1.82, 2.24) is 0 Å². The molecule has 0 aromatic heterocycles. The quantitative estimate of drug-likeness (QED) is 0.0563. The third-order valence-corrected chi connectivity index (χ3v) is 86.6. The summed E-state index contributed by atoms with van der Waals surface area (Å²) in [7, 11) is -78.8. The van der Waals surface area contributed by atoms with Gasteiger partial charge in [-0.2, -0.15) is 0 Å². The first-order chi connectivity index (χ1) is 50.1. The normalized spacial score (nSPS) is 30.9. The second kappa shape index (κ2) is 30.2. The van der Waals surface area contributed by atoms with Gasteiger partial charge in [-0.3, -0.25) is 0 Å². The first-order valence-corrected chi connectivity index (χ1v) is 76.3. The Hall–Kier alpha value is -3.26. The highest BCUT2D eigenvalue weighted by Gasteiger charge is 2.84. The molecule has 0 aliphatic carbocycles. The molecular weight excluding hydrogens is 1670 g/mol. The van der Waals surface area contributed by atoms with Gasteiger partial charge in [-0.25, -0.2) is 0 Å². The van der Waals surface area contributed by atoms with Gasteiger partial charge in [0, 0.05) is 61.1 Å². The summed E-state index contributed by atoms with van der Waals surface area (Å²) in [6, 6.07) is 75.3. The Kier molecular flexibility index (Phi) is 23.1. The van der Waals surface area contributed by atoms with Crippen LogP contribution in [0.1, 0.15) is 0 Å². The van der Waals surface area contributed by atoms with Crippen LogP contribution in [0.25, 0.3) is 0 Å². The van der Waals surface area contributed by atoms with E-state index in [1.165, 1.54) is 0 Å². The number of benzene rings is 8. The molecule has 6 aliphatic heterocycles. The van der Waals surface area contributed by atoms with Crippen molar-refractivity contribution in [3.8, 4) is 0 Å². The van der Waals surface area contributed by atoms with Crippen molar-refractivity contribution < 1.29 is 95.3 Å². The summed E-state index contributed by atoms with van der Waals surface area (Å²) in [5.41, 5.74) is 0. The van der Waals surface area contributed by atoms with Crippen molar-refractivity contribution >= 4 is 199 Å². The highest BCUT2D eigenvalue weighted by Crippen LogP contribution is 2.48. The first kappa shape index (κ1) is 81.7. The van der Waals surface area contributed by atoms with Crippen molar-refractivity contribution in [3.05, 3.63) is 243 Å². The Balaban J connectivity index is 1.22. The molecular formula is C66H96O23Si18. The molecule has 570 valence electrons. The Labute approximate surface area is 649 Å². The van der Waals surface area contributed by atoms with Crippen LogP contribution in [-0.4, -0.2) is 162 Å². The molecule has 6 heterocycles. The summed E-state index contributed by atoms with van der Waals surface area (Å²) in [6.45, 7) is 35.3. The molecule has 6 aliphatic rings. The van der Waals surface area contributed by atoms with Gasteiger partial charge in [0.1, 0.15) is 0 Å². The van der Waals surface area contributed by atoms with Crippen LogP contribution in [0.5, 0.6) is 0 Å². The molecule has 8 aromatic rings. The Morgan fingerprint density at radius 1 is 0.243 bits per heavy atom. The van der Waals surface area contributed by atoms with Crippen LogP contribution in [0.4, 0.5) is 0 Å². The van der Waals surface area contributed by atoms with Gasteiger partial charge in [-0.05, 0) is 98.2 Å². The molecule has 8 bridgehead atoms. The molecule has 0 spiro atoms. The molecule has 8 aromatic carbocycles. The Morgan fingerprint density at radius 2 is 0.430 bits per heavy atom. The minimum atomic E-state index is -5.53. The fraction of sp³-hybridized carbons (Fsp3) is 0.273. The monoisotopic (exact) mass is 1760 g/mol. The number of hydrogen-bond donors (Lipinski definition) is 1. The van der Waals surface area contributed by atoms with E-state index < -0.39 is 157 Å². The van der Waals surface area contributed by atoms with Crippen LogP contribution < -0.4 is 41.5 Å². The van der Waals surface area contributed by atoms with Crippen molar-refractivity contribution in [1.29, 1.82) is 0 Å². The minimum Gasteiger partial charge on any atom is -0.437 e. The first-order valence-electron chi connectivity index (χ1n) is 35.6. The zero-order valence-electron chi connectivity index (χ0n) is 63.6. The van der Waals surface area contributed by atoms with Crippen molar-refractivity contribution in [3.63, 3.8) is 0 Å². The van der Waals surface area contributed by atoms with Crippen LogP contribution in [0.3, 0.4) is 0 Å². The molecule has 0 saturated carbocycles. The lowest BCUT2D eigenvalue weighted by atomic mass is 10.4. The fourth-order valence-electron chi connectivity index (χ4n) is 14.1. The fourth-order valence-corrected chi connectivity index (χ4v) is 105. The predicted molar refractivity (Wildman–Crippen MR) is 445 cm³/mol. The number of fused-ring (bicyclic) bond motifs is 4. The standard InChI is InChI=1S/C66H96O23Si18/c1-90(69-97(16,67)71-92(5,6)7)68-93(8,9)74-98(17)76-100(59-43-27-19-28-44-59)80-104(63-51-35-23-36-52-63)84-102(61-47-31-21-32-48-61)78-99(18,75-96(14,15)73-95(12,13)72-94(10,11)70-91(2,3)4)79-103(62-49-33-22-34-50-62)86-106(88-104,65-55-39-25-40-56-65)82-101(77-98,60-45-29-20-30-46-60)83-107(87-103,66-57-41-26-42-58-66)89-105(81-100,85-102)64-53-37-24-38-54-64/h19-58,67,90H,1-18H3. The minimum absolute atomic E-state index is 0.372. The summed E-state index contributed by atoms with van der Waals surface area (Å²) >= 11 is 0. The largest absolute Gasteiger partial charge is 0.515 e. The van der Waals surface area contributed by atoms with E-state index in [9.17, 15) is 4.80 Å². The summed E-state index contributed by atoms with van der Waals surface area (Å²) < 4.78 is 178. The maximum absolute atomic E-state index is 11.9. The molecule has 6 atom stereocenters. The van der Waals surface area contributed by atoms with Crippen LogP contribution in [0, 0.1) is 0 Å². The van der Waals surface area contributed by atoms with E-state index in [1.807, 2.05) is 315 Å². The highest BCUT2D eigenvalue weighted by molar-refractivity contribution is 7.13. The van der Waals surface area contributed by atoms with Gasteiger partial charge in [0.15, 0.2) is 16.6 Å². The van der Waals surface area contributed by atoms with Crippen LogP contribution in [0.2, 0.25) is 118 Å². The van der Waals surface area contributed by atoms with Gasteiger partial charge < -0.3 is 95.3 Å². The van der Waals surface area contributed by atoms with Gasteiger partial charge in [-0.1, -0.05) is 243 Å². The maximum atomic E-state index is 11.9. The van der Waals surface area contributed by atoms with Crippen LogP contribution in [0.15, 0.2) is 243 Å². The summed E-state index contributed by atoms with van der Waals surface area (Å²) in [4.78, 5) is 11.9. The predicted octanol–water partition coefficient (Wildman–Crippen LogP) is 8.21. The molecule has 6 fully saturated rings. The Morgan fingerprint density at radius 3 is 0.645 bits per heavy atom. The summed E-state index contributed by atoms with van der Waals surface area (Å²) in [6.07, 6.45) is 0. The van der Waals surface area contributed by atoms with Gasteiger partial charge in [0.25, 0.3) is 0 Å². The third kappa shape index (κ3) is 18.3. The molecule has 1 N–H and O–H groups in total. The molecule has 6 saturated heterocycles. The second-order valence-corrected chi connectivity index (χ2v) is 88.4. The van der Waals surface area contributed by atoms with Crippen molar-refractivity contribution in [2.24, 2.45) is 0 Å². The molecule has 0 radical (unpaired) electrons. The molecule has 107 heavy (non-hydrogen) atoms. The van der Waals surface area contributed by atoms with E-state index in [4.69, 9.17) is 90.5 Å². The summed E-state index contributed by atoms with van der Waals surface area (Å²) in [5, 5.41) is 3.06. The van der Waals surface area contributed by atoms with Crippen molar-refractivity contribution in [2.75, 3.05) is 0 Å². The SMILES string of the molecule is C[SiH](O[Si](C)(C)O[Si]1(C)O[Si]2(c3ccccc3)O[Si]3(c4ccccc4)O[Si]4(c5ccccc5)O[Si](C)(O[Si](C)(C)O[Si](C)(C)O[Si](C)(C)O[Si](C)(C)C)O[Si]5(c6ccccc6)O[Si](c6ccccc6)(O[Si](c6ccccc6)(O1)O[Si](c1ccccc1)(O5)O[Si](c1ccccc1)(O2)O4)O3)O[Si](C)(O)O[Si](C)(C)C. The zero-order chi connectivity index (χ0) is 76.5. The molecule has 0 amide bonds. The van der Waals surface area contributed by atoms with Crippen molar-refractivity contribution in [2.45, 2.75) is 118 Å². The van der Waals surface area contributed by atoms with Gasteiger partial charge in [0.2, 0.25) is 0 Å². The average Bonchev–Trinajstić information content (AvgIpc) is 0.675. The van der Waals surface area contributed by atoms with Crippen LogP contribution in [-0.2, 0) is 90.5 Å². The van der Waals surface area contributed by atoms with Crippen LogP contribution >= 0.6 is 0 Å².